The molecule has 0 unspecified atom stereocenters. The zero-order valence-electron chi connectivity index (χ0n) is 16.9. The van der Waals surface area contributed by atoms with Crippen molar-refractivity contribution in [3.63, 3.8) is 0 Å². The first-order chi connectivity index (χ1) is 13.3. The molecule has 1 aliphatic heterocycles. The molecule has 0 bridgehead atoms. The monoisotopic (exact) mass is 376 g/mol. The first-order valence-electron chi connectivity index (χ1n) is 9.64. The molecule has 0 saturated carbocycles. The van der Waals surface area contributed by atoms with Crippen molar-refractivity contribution in [2.24, 2.45) is 0 Å². The van der Waals surface area contributed by atoms with Gasteiger partial charge in [0.15, 0.2) is 0 Å². The minimum absolute atomic E-state index is 0.290. The lowest BCUT2D eigenvalue weighted by atomic mass is 9.99. The number of rotatable bonds is 4. The normalized spacial score (nSPS) is 14.2. The number of amides is 1. The molecule has 1 amide bonds. The molecule has 2 aromatic carbocycles. The van der Waals surface area contributed by atoms with Gasteiger partial charge in [-0.1, -0.05) is 49.0 Å². The summed E-state index contributed by atoms with van der Waals surface area (Å²) in [6.45, 7) is 10.5. The molecule has 4 heteroatoms. The maximum atomic E-state index is 12.3. The van der Waals surface area contributed by atoms with E-state index in [4.69, 9.17) is 4.74 Å². The van der Waals surface area contributed by atoms with Crippen molar-refractivity contribution in [2.75, 3.05) is 11.9 Å². The second-order valence-corrected chi connectivity index (χ2v) is 7.98. The van der Waals surface area contributed by atoms with E-state index in [-0.39, 0.29) is 6.09 Å². The van der Waals surface area contributed by atoms with Gasteiger partial charge in [-0.25, -0.2) is 4.79 Å². The number of hydrogen-bond donors (Lipinski definition) is 1. The van der Waals surface area contributed by atoms with Gasteiger partial charge in [0.1, 0.15) is 5.60 Å². The van der Waals surface area contributed by atoms with Crippen LogP contribution in [-0.2, 0) is 4.74 Å². The lowest BCUT2D eigenvalue weighted by Crippen LogP contribution is -2.35. The highest BCUT2D eigenvalue weighted by molar-refractivity contribution is 5.78. The van der Waals surface area contributed by atoms with Crippen LogP contribution in [0.2, 0.25) is 0 Å². The maximum Gasteiger partial charge on any atom is 0.414 e. The molecule has 0 aliphatic carbocycles. The molecule has 2 aromatic rings. The van der Waals surface area contributed by atoms with Crippen molar-refractivity contribution >= 4 is 23.1 Å². The highest BCUT2D eigenvalue weighted by Gasteiger charge is 2.23. The molecule has 4 nitrogen and oxygen atoms in total. The van der Waals surface area contributed by atoms with Crippen molar-refractivity contribution in [1.82, 2.24) is 4.90 Å². The van der Waals surface area contributed by atoms with Crippen LogP contribution < -0.4 is 5.32 Å². The van der Waals surface area contributed by atoms with Crippen LogP contribution in [0.1, 0.15) is 44.7 Å². The van der Waals surface area contributed by atoms with Crippen LogP contribution in [0.15, 0.2) is 67.4 Å². The summed E-state index contributed by atoms with van der Waals surface area (Å²) >= 11 is 0. The Morgan fingerprint density at radius 1 is 1.07 bits per heavy atom. The zero-order chi connectivity index (χ0) is 20.1. The Hall–Kier alpha value is -3.01. The molecule has 0 saturated heterocycles. The number of carbonyl (C=O) groups excluding carboxylic acids is 1. The molecule has 0 spiro atoms. The van der Waals surface area contributed by atoms with E-state index in [0.29, 0.717) is 6.54 Å². The fourth-order valence-corrected chi connectivity index (χ4v) is 3.09. The van der Waals surface area contributed by atoms with E-state index >= 15 is 0 Å². The average molecular weight is 377 g/mol. The van der Waals surface area contributed by atoms with E-state index in [1.807, 2.05) is 69.4 Å². The SMILES string of the molecule is C=C(Nc1ccc(C2=CN(C(=O)OC(C)(C)C)CCC2)cc1)c1ccccc1. The van der Waals surface area contributed by atoms with Gasteiger partial charge in [-0.3, -0.25) is 4.90 Å². The minimum atomic E-state index is -0.489. The third-order valence-electron chi connectivity index (χ3n) is 4.46. The van der Waals surface area contributed by atoms with Crippen LogP contribution in [0.5, 0.6) is 0 Å². The van der Waals surface area contributed by atoms with Crippen LogP contribution in [0, 0.1) is 0 Å². The molecule has 3 rings (SSSR count). The second kappa shape index (κ2) is 8.34. The molecular weight excluding hydrogens is 348 g/mol. The molecule has 0 atom stereocenters. The van der Waals surface area contributed by atoms with E-state index in [1.54, 1.807) is 4.90 Å². The summed E-state index contributed by atoms with van der Waals surface area (Å²) in [4.78, 5) is 14.0. The second-order valence-electron chi connectivity index (χ2n) is 7.98. The smallest absolute Gasteiger partial charge is 0.414 e. The minimum Gasteiger partial charge on any atom is -0.443 e. The van der Waals surface area contributed by atoms with Gasteiger partial charge in [0.2, 0.25) is 0 Å². The number of hydrogen-bond acceptors (Lipinski definition) is 3. The van der Waals surface area contributed by atoms with Gasteiger partial charge in [0.05, 0.1) is 0 Å². The number of anilines is 1. The maximum absolute atomic E-state index is 12.3. The average Bonchev–Trinajstić information content (AvgIpc) is 2.68. The van der Waals surface area contributed by atoms with E-state index in [0.717, 1.165) is 40.9 Å². The number of nitrogens with zero attached hydrogens (tertiary/aromatic N) is 1. The summed E-state index contributed by atoms with van der Waals surface area (Å²) in [6, 6.07) is 18.3. The number of allylic oxidation sites excluding steroid dienone is 1. The van der Waals surface area contributed by atoms with Crippen LogP contribution in [0.4, 0.5) is 10.5 Å². The fourth-order valence-electron chi connectivity index (χ4n) is 3.09. The molecule has 1 aliphatic rings. The van der Waals surface area contributed by atoms with Gasteiger partial charge < -0.3 is 10.1 Å². The zero-order valence-corrected chi connectivity index (χ0v) is 16.9. The standard InChI is InChI=1S/C24H28N2O2/c1-18(19-9-6-5-7-10-19)25-22-14-12-20(13-15-22)21-11-8-16-26(17-21)23(27)28-24(2,3)4/h5-7,9-10,12-15,17,25H,1,8,11,16H2,2-4H3. The third kappa shape index (κ3) is 5.26. The molecular formula is C24H28N2O2. The molecule has 28 heavy (non-hydrogen) atoms. The van der Waals surface area contributed by atoms with Crippen molar-refractivity contribution < 1.29 is 9.53 Å². The van der Waals surface area contributed by atoms with E-state index in [2.05, 4.69) is 24.0 Å². The van der Waals surface area contributed by atoms with Gasteiger partial charge in [-0.2, -0.15) is 0 Å². The molecule has 0 fully saturated rings. The molecule has 146 valence electrons. The van der Waals surface area contributed by atoms with Gasteiger partial charge >= 0.3 is 6.09 Å². The van der Waals surface area contributed by atoms with Crippen LogP contribution in [-0.4, -0.2) is 23.1 Å². The third-order valence-corrected chi connectivity index (χ3v) is 4.46. The largest absolute Gasteiger partial charge is 0.443 e. The Balaban J connectivity index is 1.68. The summed E-state index contributed by atoms with van der Waals surface area (Å²) < 4.78 is 5.49. The summed E-state index contributed by atoms with van der Waals surface area (Å²) in [5.74, 6) is 0. The predicted octanol–water partition coefficient (Wildman–Crippen LogP) is 6.14. The Morgan fingerprint density at radius 2 is 1.75 bits per heavy atom. The van der Waals surface area contributed by atoms with Crippen LogP contribution in [0.3, 0.4) is 0 Å². The molecule has 0 aromatic heterocycles. The Bertz CT molecular complexity index is 862. The summed E-state index contributed by atoms with van der Waals surface area (Å²) in [6.07, 6.45) is 3.50. The Kier molecular flexibility index (Phi) is 5.88. The first kappa shape index (κ1) is 19.7. The van der Waals surface area contributed by atoms with Crippen LogP contribution in [0.25, 0.3) is 11.3 Å². The lowest BCUT2D eigenvalue weighted by molar-refractivity contribution is 0.0329. The van der Waals surface area contributed by atoms with Gasteiger partial charge in [-0.05, 0) is 62.4 Å². The van der Waals surface area contributed by atoms with Crippen molar-refractivity contribution in [1.29, 1.82) is 0 Å². The number of ether oxygens (including phenoxy) is 1. The summed E-state index contributed by atoms with van der Waals surface area (Å²) in [7, 11) is 0. The van der Waals surface area contributed by atoms with E-state index in [1.165, 1.54) is 0 Å². The van der Waals surface area contributed by atoms with E-state index in [9.17, 15) is 4.79 Å². The number of benzene rings is 2. The Labute approximate surface area is 167 Å². The van der Waals surface area contributed by atoms with E-state index < -0.39 is 5.60 Å². The van der Waals surface area contributed by atoms with Crippen molar-refractivity contribution in [3.8, 4) is 0 Å². The fraction of sp³-hybridized carbons (Fsp3) is 0.292. The van der Waals surface area contributed by atoms with Gasteiger partial charge in [-0.15, -0.1) is 0 Å². The quantitative estimate of drug-likeness (QED) is 0.697. The summed E-state index contributed by atoms with van der Waals surface area (Å²) in [5, 5.41) is 3.34. The van der Waals surface area contributed by atoms with Gasteiger partial charge in [0, 0.05) is 24.1 Å². The number of carbonyl (C=O) groups is 1. The number of nitrogens with one attached hydrogen (secondary N) is 1. The lowest BCUT2D eigenvalue weighted by Gasteiger charge is -2.28. The summed E-state index contributed by atoms with van der Waals surface area (Å²) in [5.41, 5.74) is 4.68. The predicted molar refractivity (Wildman–Crippen MR) is 116 cm³/mol. The highest BCUT2D eigenvalue weighted by atomic mass is 16.6. The van der Waals surface area contributed by atoms with Crippen molar-refractivity contribution in [2.45, 2.75) is 39.2 Å². The van der Waals surface area contributed by atoms with Crippen molar-refractivity contribution in [3.05, 3.63) is 78.5 Å². The topological polar surface area (TPSA) is 41.6 Å². The molecule has 1 heterocycles. The molecule has 0 radical (unpaired) electrons. The van der Waals surface area contributed by atoms with Gasteiger partial charge in [0.25, 0.3) is 0 Å². The first-order valence-corrected chi connectivity index (χ1v) is 9.64. The highest BCUT2D eigenvalue weighted by Crippen LogP contribution is 2.27. The molecule has 1 N–H and O–H groups in total. The van der Waals surface area contributed by atoms with Crippen LogP contribution >= 0.6 is 0 Å². The Morgan fingerprint density at radius 3 is 2.39 bits per heavy atom.